The van der Waals surface area contributed by atoms with Crippen molar-refractivity contribution >= 4 is 11.6 Å². The number of nitro groups is 1. The summed E-state index contributed by atoms with van der Waals surface area (Å²) in [6, 6.07) is 6.07. The van der Waals surface area contributed by atoms with Crippen LogP contribution >= 0.6 is 0 Å². The highest BCUT2D eigenvalue weighted by atomic mass is 16.6. The van der Waals surface area contributed by atoms with E-state index in [1.165, 1.54) is 12.1 Å². The zero-order valence-electron chi connectivity index (χ0n) is 12.2. The second kappa shape index (κ2) is 6.22. The predicted octanol–water partition coefficient (Wildman–Crippen LogP) is 1.90. The Kier molecular flexibility index (Phi) is 4.57. The van der Waals surface area contributed by atoms with Crippen LogP contribution in [0.5, 0.6) is 0 Å². The Morgan fingerprint density at radius 2 is 1.81 bits per heavy atom. The molecule has 0 saturated carbocycles. The number of hydrogen-bond donors (Lipinski definition) is 1. The van der Waals surface area contributed by atoms with Crippen LogP contribution in [0.4, 0.5) is 5.69 Å². The third kappa shape index (κ3) is 3.58. The molecule has 6 nitrogen and oxygen atoms in total. The topological polar surface area (TPSA) is 83.7 Å². The van der Waals surface area contributed by atoms with Gasteiger partial charge in [-0.2, -0.15) is 0 Å². The monoisotopic (exact) mass is 292 g/mol. The first-order valence-electron chi connectivity index (χ1n) is 7.11. The average Bonchev–Trinajstić information content (AvgIpc) is 2.37. The van der Waals surface area contributed by atoms with Gasteiger partial charge in [0.15, 0.2) is 0 Å². The zero-order chi connectivity index (χ0) is 15.6. The van der Waals surface area contributed by atoms with Crippen molar-refractivity contribution in [3.63, 3.8) is 0 Å². The Balaban J connectivity index is 2.05. The van der Waals surface area contributed by atoms with Crippen LogP contribution in [0, 0.1) is 10.1 Å². The van der Waals surface area contributed by atoms with Gasteiger partial charge in [0.25, 0.3) is 5.69 Å². The molecule has 1 saturated heterocycles. The Hall–Kier alpha value is -1.95. The maximum Gasteiger partial charge on any atom is 0.269 e. The lowest BCUT2D eigenvalue weighted by molar-refractivity contribution is -0.384. The van der Waals surface area contributed by atoms with Crippen molar-refractivity contribution in [1.29, 1.82) is 0 Å². The highest BCUT2D eigenvalue weighted by Crippen LogP contribution is 2.24. The van der Waals surface area contributed by atoms with Crippen LogP contribution in [-0.2, 0) is 11.2 Å². The second-order valence-corrected chi connectivity index (χ2v) is 5.72. The maximum absolute atomic E-state index is 12.4. The summed E-state index contributed by atoms with van der Waals surface area (Å²) in [5.74, 6) is -0.00393. The summed E-state index contributed by atoms with van der Waals surface area (Å²) in [7, 11) is 0. The van der Waals surface area contributed by atoms with E-state index in [9.17, 15) is 20.0 Å². The number of rotatable bonds is 3. The number of benzene rings is 1. The van der Waals surface area contributed by atoms with Gasteiger partial charge in [0.05, 0.1) is 17.4 Å². The van der Waals surface area contributed by atoms with E-state index in [-0.39, 0.29) is 36.2 Å². The molecule has 6 heteroatoms. The van der Waals surface area contributed by atoms with Gasteiger partial charge in [0, 0.05) is 24.2 Å². The number of likely N-dealkylation sites (tertiary alicyclic amines) is 1. The van der Waals surface area contributed by atoms with E-state index < -0.39 is 4.92 Å². The van der Waals surface area contributed by atoms with Crippen molar-refractivity contribution in [3.05, 3.63) is 39.9 Å². The number of non-ortho nitro benzene ring substituents is 1. The summed E-state index contributed by atoms with van der Waals surface area (Å²) in [4.78, 5) is 24.4. The molecule has 0 spiro atoms. The molecule has 0 bridgehead atoms. The number of nitrogens with zero attached hydrogens (tertiary/aromatic N) is 2. The van der Waals surface area contributed by atoms with E-state index in [1.54, 1.807) is 12.1 Å². The molecule has 1 N–H and O–H groups in total. The molecule has 1 amide bonds. The summed E-state index contributed by atoms with van der Waals surface area (Å²) < 4.78 is 0. The van der Waals surface area contributed by atoms with Crippen LogP contribution in [-0.4, -0.2) is 39.0 Å². The minimum Gasteiger partial charge on any atom is -0.393 e. The fraction of sp³-hybridized carbons (Fsp3) is 0.533. The van der Waals surface area contributed by atoms with E-state index in [4.69, 9.17) is 0 Å². The fourth-order valence-electron chi connectivity index (χ4n) is 3.04. The molecular formula is C15H20N2O4. The van der Waals surface area contributed by atoms with Gasteiger partial charge in [-0.1, -0.05) is 12.1 Å². The number of carbonyl (C=O) groups excluding carboxylic acids is 1. The molecule has 0 aliphatic carbocycles. The van der Waals surface area contributed by atoms with Crippen molar-refractivity contribution < 1.29 is 14.8 Å². The highest BCUT2D eigenvalue weighted by molar-refractivity contribution is 5.79. The maximum atomic E-state index is 12.4. The number of amides is 1. The van der Waals surface area contributed by atoms with Crippen LogP contribution in [0.2, 0.25) is 0 Å². The third-order valence-corrected chi connectivity index (χ3v) is 3.97. The first kappa shape index (κ1) is 15.4. The molecule has 1 heterocycles. The van der Waals surface area contributed by atoms with Gasteiger partial charge >= 0.3 is 0 Å². The third-order valence-electron chi connectivity index (χ3n) is 3.97. The minimum absolute atomic E-state index is 0.00393. The van der Waals surface area contributed by atoms with Crippen molar-refractivity contribution in [3.8, 4) is 0 Å². The summed E-state index contributed by atoms with van der Waals surface area (Å²) >= 11 is 0. The molecule has 1 unspecified atom stereocenters. The second-order valence-electron chi connectivity index (χ2n) is 5.72. The van der Waals surface area contributed by atoms with Gasteiger partial charge in [-0.25, -0.2) is 0 Å². The van der Waals surface area contributed by atoms with E-state index in [1.807, 2.05) is 18.7 Å². The molecule has 3 atom stereocenters. The largest absolute Gasteiger partial charge is 0.393 e. The van der Waals surface area contributed by atoms with E-state index >= 15 is 0 Å². The highest BCUT2D eigenvalue weighted by Gasteiger charge is 2.32. The lowest BCUT2D eigenvalue weighted by Gasteiger charge is -2.41. The van der Waals surface area contributed by atoms with Crippen molar-refractivity contribution in [2.45, 2.75) is 51.3 Å². The van der Waals surface area contributed by atoms with Gasteiger partial charge in [-0.3, -0.25) is 14.9 Å². The van der Waals surface area contributed by atoms with Gasteiger partial charge in [-0.05, 0) is 32.3 Å². The number of piperidine rings is 1. The van der Waals surface area contributed by atoms with Crippen LogP contribution in [0.1, 0.15) is 32.3 Å². The molecule has 1 aromatic carbocycles. The van der Waals surface area contributed by atoms with Crippen molar-refractivity contribution in [2.75, 3.05) is 0 Å². The van der Waals surface area contributed by atoms with Crippen LogP contribution in [0.15, 0.2) is 24.3 Å². The Bertz CT molecular complexity index is 517. The van der Waals surface area contributed by atoms with Crippen LogP contribution in [0.3, 0.4) is 0 Å². The van der Waals surface area contributed by atoms with Gasteiger partial charge in [0.2, 0.25) is 5.91 Å². The summed E-state index contributed by atoms with van der Waals surface area (Å²) in [5.41, 5.74) is 0.783. The zero-order valence-corrected chi connectivity index (χ0v) is 12.2. The number of nitro benzene ring substituents is 1. The summed E-state index contributed by atoms with van der Waals surface area (Å²) in [6.07, 6.45) is 1.06. The number of aliphatic hydroxyl groups excluding tert-OH is 1. The lowest BCUT2D eigenvalue weighted by Crippen LogP contribution is -2.51. The van der Waals surface area contributed by atoms with Gasteiger partial charge in [-0.15, -0.1) is 0 Å². The molecule has 114 valence electrons. The number of carbonyl (C=O) groups is 1. The van der Waals surface area contributed by atoms with Gasteiger partial charge in [0.1, 0.15) is 0 Å². The molecule has 21 heavy (non-hydrogen) atoms. The Morgan fingerprint density at radius 1 is 1.29 bits per heavy atom. The molecular weight excluding hydrogens is 272 g/mol. The summed E-state index contributed by atoms with van der Waals surface area (Å²) in [5, 5.41) is 20.3. The van der Waals surface area contributed by atoms with E-state index in [0.29, 0.717) is 12.8 Å². The smallest absolute Gasteiger partial charge is 0.269 e. The first-order chi connectivity index (χ1) is 9.88. The predicted molar refractivity (Wildman–Crippen MR) is 77.8 cm³/mol. The van der Waals surface area contributed by atoms with E-state index in [0.717, 1.165) is 5.56 Å². The minimum atomic E-state index is -0.457. The Labute approximate surface area is 123 Å². The molecule has 1 fully saturated rings. The number of hydrogen-bond acceptors (Lipinski definition) is 4. The van der Waals surface area contributed by atoms with Gasteiger partial charge < -0.3 is 10.0 Å². The average molecular weight is 292 g/mol. The van der Waals surface area contributed by atoms with Crippen molar-refractivity contribution in [2.24, 2.45) is 0 Å². The standard InChI is InChI=1S/C15H20N2O4/c1-10-7-14(18)8-11(2)16(10)15(19)9-12-3-5-13(6-4-12)17(20)21/h3-6,10-11,14,18H,7-9H2,1-2H3/t10-,11+,14?. The number of aliphatic hydroxyl groups is 1. The molecule has 2 rings (SSSR count). The Morgan fingerprint density at radius 3 is 2.29 bits per heavy atom. The fourth-order valence-corrected chi connectivity index (χ4v) is 3.04. The normalized spacial score (nSPS) is 25.7. The SMILES string of the molecule is C[C@@H]1CC(O)C[C@H](C)N1C(=O)Cc1ccc([N+](=O)[O-])cc1. The molecule has 1 aliphatic heterocycles. The molecule has 0 aromatic heterocycles. The van der Waals surface area contributed by atoms with Crippen LogP contribution in [0.25, 0.3) is 0 Å². The van der Waals surface area contributed by atoms with Crippen LogP contribution < -0.4 is 0 Å². The van der Waals surface area contributed by atoms with E-state index in [2.05, 4.69) is 0 Å². The first-order valence-corrected chi connectivity index (χ1v) is 7.11. The molecule has 1 aliphatic rings. The van der Waals surface area contributed by atoms with Crippen molar-refractivity contribution in [1.82, 2.24) is 4.90 Å². The summed E-state index contributed by atoms with van der Waals surface area (Å²) in [6.45, 7) is 3.87. The lowest BCUT2D eigenvalue weighted by atomic mass is 9.94. The molecule has 0 radical (unpaired) electrons. The molecule has 1 aromatic rings. The quantitative estimate of drug-likeness (QED) is 0.681.